The van der Waals surface area contributed by atoms with Gasteiger partial charge in [0.2, 0.25) is 0 Å². The standard InChI is InChI=1S/C24H28Cl2N2O2/c1-17-16-18(25)6-7-23(17)30-20-10-14-27(15-11-20)19-8-12-28(13-9-19)24(29)21-4-2-3-5-22(21)26/h2-7,16,19-20H,8-15H2,1H3. The van der Waals surface area contributed by atoms with Gasteiger partial charge in [-0.1, -0.05) is 35.3 Å². The Morgan fingerprint density at radius 1 is 0.967 bits per heavy atom. The van der Waals surface area contributed by atoms with Crippen molar-refractivity contribution >= 4 is 29.1 Å². The zero-order chi connectivity index (χ0) is 21.1. The minimum atomic E-state index is 0.0458. The predicted molar refractivity (Wildman–Crippen MR) is 122 cm³/mol. The number of benzene rings is 2. The van der Waals surface area contributed by atoms with Gasteiger partial charge in [-0.05, 0) is 68.5 Å². The largest absolute Gasteiger partial charge is 0.490 e. The van der Waals surface area contributed by atoms with Gasteiger partial charge in [-0.25, -0.2) is 0 Å². The Bertz CT molecular complexity index is 889. The molecule has 2 aromatic carbocycles. The first-order valence-corrected chi connectivity index (χ1v) is 11.5. The average molecular weight is 447 g/mol. The third kappa shape index (κ3) is 4.93. The van der Waals surface area contributed by atoms with E-state index in [0.29, 0.717) is 16.6 Å². The van der Waals surface area contributed by atoms with E-state index in [0.717, 1.165) is 68.2 Å². The molecule has 2 aromatic rings. The molecule has 0 spiro atoms. The maximum absolute atomic E-state index is 12.8. The second-order valence-corrected chi connectivity index (χ2v) is 9.11. The molecule has 6 heteroatoms. The monoisotopic (exact) mass is 446 g/mol. The number of aryl methyl sites for hydroxylation is 1. The number of piperidine rings is 2. The topological polar surface area (TPSA) is 32.8 Å². The summed E-state index contributed by atoms with van der Waals surface area (Å²) in [5, 5.41) is 1.27. The maximum atomic E-state index is 12.8. The van der Waals surface area contributed by atoms with E-state index in [1.807, 2.05) is 48.2 Å². The van der Waals surface area contributed by atoms with E-state index in [1.165, 1.54) is 0 Å². The number of likely N-dealkylation sites (tertiary alicyclic amines) is 2. The molecule has 2 heterocycles. The molecule has 2 aliphatic heterocycles. The molecule has 0 bridgehead atoms. The van der Waals surface area contributed by atoms with Crippen LogP contribution in [-0.2, 0) is 0 Å². The highest BCUT2D eigenvalue weighted by Crippen LogP contribution is 2.28. The van der Waals surface area contributed by atoms with Crippen LogP contribution in [0.2, 0.25) is 10.0 Å². The quantitative estimate of drug-likeness (QED) is 0.625. The highest BCUT2D eigenvalue weighted by atomic mass is 35.5. The Hall–Kier alpha value is -1.75. The van der Waals surface area contributed by atoms with Crippen LogP contribution in [0.5, 0.6) is 5.75 Å². The van der Waals surface area contributed by atoms with Crippen LogP contribution in [0.4, 0.5) is 0 Å². The summed E-state index contributed by atoms with van der Waals surface area (Å²) < 4.78 is 6.23. The van der Waals surface area contributed by atoms with Crippen molar-refractivity contribution in [3.05, 3.63) is 63.6 Å². The summed E-state index contributed by atoms with van der Waals surface area (Å²) in [4.78, 5) is 17.3. The number of halogens is 2. The first-order valence-electron chi connectivity index (χ1n) is 10.7. The molecule has 0 aliphatic carbocycles. The molecule has 0 N–H and O–H groups in total. The smallest absolute Gasteiger partial charge is 0.255 e. The van der Waals surface area contributed by atoms with Crippen molar-refractivity contribution in [1.82, 2.24) is 9.80 Å². The van der Waals surface area contributed by atoms with Gasteiger partial charge in [-0.15, -0.1) is 0 Å². The molecule has 0 saturated carbocycles. The summed E-state index contributed by atoms with van der Waals surface area (Å²) in [5.74, 6) is 0.980. The van der Waals surface area contributed by atoms with Crippen LogP contribution in [0.25, 0.3) is 0 Å². The number of nitrogens with zero attached hydrogens (tertiary/aromatic N) is 2. The van der Waals surface area contributed by atoms with Gasteiger partial charge in [-0.2, -0.15) is 0 Å². The molecule has 0 unspecified atom stereocenters. The van der Waals surface area contributed by atoms with Crippen LogP contribution >= 0.6 is 23.2 Å². The third-order valence-electron chi connectivity index (χ3n) is 6.28. The van der Waals surface area contributed by atoms with Crippen LogP contribution in [0.3, 0.4) is 0 Å². The van der Waals surface area contributed by atoms with Gasteiger partial charge in [0.15, 0.2) is 0 Å². The molecule has 0 radical (unpaired) electrons. The fourth-order valence-electron chi connectivity index (χ4n) is 4.52. The van der Waals surface area contributed by atoms with Crippen molar-refractivity contribution in [2.24, 2.45) is 0 Å². The maximum Gasteiger partial charge on any atom is 0.255 e. The zero-order valence-corrected chi connectivity index (χ0v) is 18.8. The van der Waals surface area contributed by atoms with Crippen LogP contribution in [0, 0.1) is 6.92 Å². The fourth-order valence-corrected chi connectivity index (χ4v) is 4.97. The van der Waals surface area contributed by atoms with Crippen LogP contribution in [0.1, 0.15) is 41.6 Å². The van der Waals surface area contributed by atoms with Crippen molar-refractivity contribution in [3.63, 3.8) is 0 Å². The second kappa shape index (κ2) is 9.59. The van der Waals surface area contributed by atoms with Gasteiger partial charge in [0.1, 0.15) is 11.9 Å². The van der Waals surface area contributed by atoms with Crippen molar-refractivity contribution in [2.75, 3.05) is 26.2 Å². The molecular weight excluding hydrogens is 419 g/mol. The Balaban J connectivity index is 1.25. The summed E-state index contributed by atoms with van der Waals surface area (Å²) >= 11 is 12.2. The molecule has 0 atom stereocenters. The highest BCUT2D eigenvalue weighted by molar-refractivity contribution is 6.33. The SMILES string of the molecule is Cc1cc(Cl)ccc1OC1CCN(C2CCN(C(=O)c3ccccc3Cl)CC2)CC1. The van der Waals surface area contributed by atoms with E-state index in [2.05, 4.69) is 4.90 Å². The number of hydrogen-bond acceptors (Lipinski definition) is 3. The lowest BCUT2D eigenvalue weighted by molar-refractivity contribution is 0.0424. The van der Waals surface area contributed by atoms with Crippen LogP contribution in [0.15, 0.2) is 42.5 Å². The Morgan fingerprint density at radius 3 is 2.33 bits per heavy atom. The number of ether oxygens (including phenoxy) is 1. The Labute approximate surface area is 188 Å². The molecule has 30 heavy (non-hydrogen) atoms. The molecule has 1 amide bonds. The second-order valence-electron chi connectivity index (χ2n) is 8.27. The first kappa shape index (κ1) is 21.5. The van der Waals surface area contributed by atoms with Gasteiger partial charge < -0.3 is 9.64 Å². The lowest BCUT2D eigenvalue weighted by Gasteiger charge is -2.41. The number of carbonyl (C=O) groups is 1. The third-order valence-corrected chi connectivity index (χ3v) is 6.84. The van der Waals surface area contributed by atoms with Crippen molar-refractivity contribution in [3.8, 4) is 5.75 Å². The molecule has 0 aromatic heterocycles. The van der Waals surface area contributed by atoms with E-state index in [1.54, 1.807) is 6.07 Å². The van der Waals surface area contributed by atoms with Gasteiger partial charge in [0, 0.05) is 37.2 Å². The molecule has 160 valence electrons. The normalized spacial score (nSPS) is 19.1. The van der Waals surface area contributed by atoms with Crippen molar-refractivity contribution in [2.45, 2.75) is 44.8 Å². The Morgan fingerprint density at radius 2 is 1.67 bits per heavy atom. The zero-order valence-electron chi connectivity index (χ0n) is 17.3. The lowest BCUT2D eigenvalue weighted by Crippen LogP contribution is -2.50. The van der Waals surface area contributed by atoms with Crippen LogP contribution < -0.4 is 4.74 Å². The van der Waals surface area contributed by atoms with E-state index in [-0.39, 0.29) is 12.0 Å². The number of hydrogen-bond donors (Lipinski definition) is 0. The van der Waals surface area contributed by atoms with Crippen molar-refractivity contribution < 1.29 is 9.53 Å². The summed E-state index contributed by atoms with van der Waals surface area (Å²) in [5.41, 5.74) is 1.69. The van der Waals surface area contributed by atoms with Gasteiger partial charge in [0.25, 0.3) is 5.91 Å². The molecule has 4 rings (SSSR count). The molecule has 4 nitrogen and oxygen atoms in total. The van der Waals surface area contributed by atoms with Gasteiger partial charge in [0.05, 0.1) is 10.6 Å². The number of rotatable bonds is 4. The number of amides is 1. The minimum absolute atomic E-state index is 0.0458. The predicted octanol–water partition coefficient (Wildman–Crippen LogP) is 5.45. The van der Waals surface area contributed by atoms with E-state index >= 15 is 0 Å². The fraction of sp³-hybridized carbons (Fsp3) is 0.458. The van der Waals surface area contributed by atoms with E-state index < -0.39 is 0 Å². The van der Waals surface area contributed by atoms with Gasteiger partial charge >= 0.3 is 0 Å². The lowest BCUT2D eigenvalue weighted by atomic mass is 9.98. The molecular formula is C24H28Cl2N2O2. The molecule has 2 fully saturated rings. The average Bonchev–Trinajstić information content (AvgIpc) is 2.76. The first-order chi connectivity index (χ1) is 14.5. The number of carbonyl (C=O) groups excluding carboxylic acids is 1. The minimum Gasteiger partial charge on any atom is -0.490 e. The highest BCUT2D eigenvalue weighted by Gasteiger charge is 2.31. The van der Waals surface area contributed by atoms with Crippen molar-refractivity contribution in [1.29, 1.82) is 0 Å². The summed E-state index contributed by atoms with van der Waals surface area (Å²) in [7, 11) is 0. The van der Waals surface area contributed by atoms with E-state index in [4.69, 9.17) is 27.9 Å². The van der Waals surface area contributed by atoms with Gasteiger partial charge in [-0.3, -0.25) is 9.69 Å². The molecule has 2 saturated heterocycles. The molecule has 2 aliphatic rings. The Kier molecular flexibility index (Phi) is 6.87. The summed E-state index contributed by atoms with van der Waals surface area (Å²) in [6.07, 6.45) is 4.33. The van der Waals surface area contributed by atoms with Crippen LogP contribution in [-0.4, -0.2) is 54.0 Å². The van der Waals surface area contributed by atoms with E-state index in [9.17, 15) is 4.79 Å². The summed E-state index contributed by atoms with van der Waals surface area (Å²) in [6.45, 7) is 5.69. The summed E-state index contributed by atoms with van der Waals surface area (Å²) in [6, 6.07) is 13.6.